The quantitative estimate of drug-likeness (QED) is 0.455. The van der Waals surface area contributed by atoms with E-state index in [0.29, 0.717) is 24.3 Å². The molecule has 3 heterocycles. The number of hydrogen-bond donors (Lipinski definition) is 1. The summed E-state index contributed by atoms with van der Waals surface area (Å²) in [6.07, 6.45) is 6.11. The molecule has 4 aromatic rings. The minimum atomic E-state index is -0.540. The van der Waals surface area contributed by atoms with Crippen LogP contribution in [0.5, 0.6) is 0 Å². The first-order valence-electron chi connectivity index (χ1n) is 12.1. The van der Waals surface area contributed by atoms with Crippen LogP contribution in [0.25, 0.3) is 16.6 Å². The van der Waals surface area contributed by atoms with Crippen molar-refractivity contribution in [3.63, 3.8) is 0 Å². The topological polar surface area (TPSA) is 88.1 Å². The minimum absolute atomic E-state index is 0.118. The Bertz CT molecular complexity index is 1530. The van der Waals surface area contributed by atoms with Gasteiger partial charge >= 0.3 is 0 Å². The van der Waals surface area contributed by atoms with E-state index in [9.17, 15) is 9.59 Å². The summed E-state index contributed by atoms with van der Waals surface area (Å²) >= 11 is 1.35. The zero-order chi connectivity index (χ0) is 24.6. The van der Waals surface area contributed by atoms with Gasteiger partial charge in [0.25, 0.3) is 5.91 Å². The number of aromatic nitrogens is 3. The van der Waals surface area contributed by atoms with Gasteiger partial charge in [-0.2, -0.15) is 0 Å². The molecule has 7 nitrogen and oxygen atoms in total. The van der Waals surface area contributed by atoms with Gasteiger partial charge in [-0.25, -0.2) is 4.98 Å². The van der Waals surface area contributed by atoms with Crippen molar-refractivity contribution in [2.75, 3.05) is 13.6 Å². The van der Waals surface area contributed by atoms with Gasteiger partial charge in [-0.15, -0.1) is 11.3 Å². The number of benzene rings is 2. The molecule has 2 aromatic heterocycles. The van der Waals surface area contributed by atoms with E-state index in [1.165, 1.54) is 33.6 Å². The number of fused-ring (bicyclic) bond motifs is 3. The molecule has 36 heavy (non-hydrogen) atoms. The molecule has 0 spiro atoms. The van der Waals surface area contributed by atoms with Gasteiger partial charge in [0, 0.05) is 32.4 Å². The molecule has 1 aliphatic heterocycles. The normalized spacial score (nSPS) is 16.7. The van der Waals surface area contributed by atoms with Crippen LogP contribution in [0, 0.1) is 0 Å². The summed E-state index contributed by atoms with van der Waals surface area (Å²) in [4.78, 5) is 42.3. The first-order chi connectivity index (χ1) is 17.6. The highest BCUT2D eigenvalue weighted by atomic mass is 32.1. The molecule has 8 heteroatoms. The van der Waals surface area contributed by atoms with Crippen molar-refractivity contribution in [1.29, 1.82) is 0 Å². The average molecular weight is 496 g/mol. The number of carbonyl (C=O) groups excluding carboxylic acids is 2. The molecule has 2 amide bonds. The Morgan fingerprint density at radius 2 is 1.89 bits per heavy atom. The fourth-order valence-electron chi connectivity index (χ4n) is 5.31. The van der Waals surface area contributed by atoms with Gasteiger partial charge in [-0.3, -0.25) is 19.6 Å². The summed E-state index contributed by atoms with van der Waals surface area (Å²) in [6, 6.07) is 13.8. The van der Waals surface area contributed by atoms with Crippen molar-refractivity contribution < 1.29 is 9.59 Å². The van der Waals surface area contributed by atoms with Crippen LogP contribution in [-0.2, 0) is 24.1 Å². The molecule has 0 saturated heterocycles. The van der Waals surface area contributed by atoms with Crippen molar-refractivity contribution in [2.24, 2.45) is 0 Å². The van der Waals surface area contributed by atoms with Crippen LogP contribution in [-0.4, -0.2) is 51.3 Å². The number of aryl methyl sites for hydroxylation is 2. The molecule has 0 fully saturated rings. The molecular weight excluding hydrogens is 470 g/mol. The highest BCUT2D eigenvalue weighted by Gasteiger charge is 2.39. The lowest BCUT2D eigenvalue weighted by Crippen LogP contribution is -2.51. The standard InChI is InChI=1S/C28H25N5O2S/c1-29-27(34)25-14-21-19(13-18-4-2-3-5-20(18)21)15-33(25)28(35)26-23(32-16-36-26)9-7-17-6-8-22-24(12-17)31-11-10-30-22/h2-6,8,10-12,16,25H,7,9,13-15H2,1H3,(H,29,34)/t25-/m1/s1. The molecule has 0 radical (unpaired) electrons. The Morgan fingerprint density at radius 1 is 1.06 bits per heavy atom. The number of nitrogens with zero attached hydrogens (tertiary/aromatic N) is 4. The Morgan fingerprint density at radius 3 is 2.75 bits per heavy atom. The van der Waals surface area contributed by atoms with Gasteiger partial charge < -0.3 is 10.2 Å². The lowest BCUT2D eigenvalue weighted by molar-refractivity contribution is -0.125. The Kier molecular flexibility index (Phi) is 5.81. The van der Waals surface area contributed by atoms with E-state index in [-0.39, 0.29) is 11.8 Å². The number of nitrogens with one attached hydrogen (secondary N) is 1. The van der Waals surface area contributed by atoms with Gasteiger partial charge in [-0.05, 0) is 59.2 Å². The van der Waals surface area contributed by atoms with E-state index in [4.69, 9.17) is 0 Å². The predicted octanol–water partition coefficient (Wildman–Crippen LogP) is 3.84. The molecule has 2 aliphatic rings. The first-order valence-corrected chi connectivity index (χ1v) is 12.9. The largest absolute Gasteiger partial charge is 0.357 e. The van der Waals surface area contributed by atoms with Crippen LogP contribution in [0.2, 0.25) is 0 Å². The molecule has 6 rings (SSSR count). The minimum Gasteiger partial charge on any atom is -0.357 e. The van der Waals surface area contributed by atoms with E-state index in [1.807, 2.05) is 30.3 Å². The van der Waals surface area contributed by atoms with E-state index in [2.05, 4.69) is 32.4 Å². The van der Waals surface area contributed by atoms with Crippen LogP contribution >= 0.6 is 11.3 Å². The molecule has 0 bridgehead atoms. The zero-order valence-corrected chi connectivity index (χ0v) is 20.7. The molecular formula is C28H25N5O2S. The summed E-state index contributed by atoms with van der Waals surface area (Å²) in [7, 11) is 1.63. The second-order valence-electron chi connectivity index (χ2n) is 9.19. The number of amides is 2. The molecule has 1 aliphatic carbocycles. The second kappa shape index (κ2) is 9.28. The van der Waals surface area contributed by atoms with Gasteiger partial charge in [0.1, 0.15) is 10.9 Å². The Balaban J connectivity index is 1.24. The van der Waals surface area contributed by atoms with Crippen molar-refractivity contribution in [3.8, 4) is 0 Å². The highest BCUT2D eigenvalue weighted by molar-refractivity contribution is 7.11. The van der Waals surface area contributed by atoms with Crippen LogP contribution < -0.4 is 5.32 Å². The van der Waals surface area contributed by atoms with E-state index in [1.54, 1.807) is 29.9 Å². The highest BCUT2D eigenvalue weighted by Crippen LogP contribution is 2.40. The average Bonchev–Trinajstić information content (AvgIpc) is 3.54. The van der Waals surface area contributed by atoms with Crippen molar-refractivity contribution in [3.05, 3.63) is 93.2 Å². The number of carbonyl (C=O) groups is 2. The van der Waals surface area contributed by atoms with Crippen LogP contribution in [0.1, 0.15) is 38.5 Å². The fourth-order valence-corrected chi connectivity index (χ4v) is 6.11. The van der Waals surface area contributed by atoms with E-state index in [0.717, 1.165) is 35.1 Å². The number of likely N-dealkylation sites (N-methyl/N-ethyl adjacent to an activating group) is 1. The lowest BCUT2D eigenvalue weighted by Gasteiger charge is -2.35. The summed E-state index contributed by atoms with van der Waals surface area (Å²) in [5, 5.41) is 2.77. The third-order valence-electron chi connectivity index (χ3n) is 7.14. The smallest absolute Gasteiger partial charge is 0.266 e. The van der Waals surface area contributed by atoms with Gasteiger partial charge in [0.05, 0.1) is 22.2 Å². The predicted molar refractivity (Wildman–Crippen MR) is 140 cm³/mol. The number of thiazole rings is 1. The maximum Gasteiger partial charge on any atom is 0.266 e. The third kappa shape index (κ3) is 3.97. The Labute approximate surface area is 212 Å². The van der Waals surface area contributed by atoms with Gasteiger partial charge in [0.15, 0.2) is 0 Å². The maximum atomic E-state index is 13.8. The SMILES string of the molecule is CNC(=O)[C@H]1CC2=C(Cc3ccccc32)CN1C(=O)c1scnc1CCc1ccc2nccnc2c1. The van der Waals surface area contributed by atoms with Crippen LogP contribution in [0.3, 0.4) is 0 Å². The third-order valence-corrected chi connectivity index (χ3v) is 7.99. The molecule has 180 valence electrons. The van der Waals surface area contributed by atoms with Crippen molar-refractivity contribution >= 4 is 39.8 Å². The van der Waals surface area contributed by atoms with E-state index >= 15 is 0 Å². The Hall–Kier alpha value is -3.91. The van der Waals surface area contributed by atoms with Gasteiger partial charge in [0.2, 0.25) is 5.91 Å². The van der Waals surface area contributed by atoms with Crippen LogP contribution in [0.15, 0.2) is 65.9 Å². The summed E-state index contributed by atoms with van der Waals surface area (Å²) in [5.41, 5.74) is 10.3. The summed E-state index contributed by atoms with van der Waals surface area (Å²) < 4.78 is 0. The number of hydrogen-bond acceptors (Lipinski definition) is 6. The molecule has 1 N–H and O–H groups in total. The lowest BCUT2D eigenvalue weighted by atomic mass is 9.92. The summed E-state index contributed by atoms with van der Waals surface area (Å²) in [6.45, 7) is 0.460. The van der Waals surface area contributed by atoms with Crippen molar-refractivity contribution in [1.82, 2.24) is 25.2 Å². The van der Waals surface area contributed by atoms with Crippen molar-refractivity contribution in [2.45, 2.75) is 31.7 Å². The second-order valence-corrected chi connectivity index (χ2v) is 10.0. The van der Waals surface area contributed by atoms with Gasteiger partial charge in [-0.1, -0.05) is 30.3 Å². The first kappa shape index (κ1) is 22.5. The molecule has 0 unspecified atom stereocenters. The number of rotatable bonds is 5. The van der Waals surface area contributed by atoms with E-state index < -0.39 is 6.04 Å². The zero-order valence-electron chi connectivity index (χ0n) is 19.9. The van der Waals surface area contributed by atoms with Crippen LogP contribution in [0.4, 0.5) is 0 Å². The molecule has 0 saturated carbocycles. The monoisotopic (exact) mass is 495 g/mol. The molecule has 1 atom stereocenters. The fraction of sp³-hybridized carbons (Fsp3) is 0.250. The molecule has 2 aromatic carbocycles. The maximum absolute atomic E-state index is 13.8. The summed E-state index contributed by atoms with van der Waals surface area (Å²) in [5.74, 6) is -0.254.